The van der Waals surface area contributed by atoms with Crippen LogP contribution in [-0.2, 0) is 4.79 Å². The molecule has 2 fully saturated rings. The third kappa shape index (κ3) is 1.65. The summed E-state index contributed by atoms with van der Waals surface area (Å²) in [7, 11) is 0. The number of carbonyl (C=O) groups excluding carboxylic acids is 1. The molecule has 3 heteroatoms. The van der Waals surface area contributed by atoms with E-state index < -0.39 is 0 Å². The number of carbonyl (C=O) groups is 1. The van der Waals surface area contributed by atoms with Gasteiger partial charge in [0.1, 0.15) is 6.04 Å². The quantitative estimate of drug-likeness (QED) is 0.504. The van der Waals surface area contributed by atoms with E-state index in [2.05, 4.69) is 6.92 Å². The van der Waals surface area contributed by atoms with Crippen LogP contribution in [0.15, 0.2) is 0 Å². The van der Waals surface area contributed by atoms with Gasteiger partial charge in [-0.2, -0.15) is 0 Å². The van der Waals surface area contributed by atoms with Crippen molar-refractivity contribution >= 4 is 5.91 Å². The van der Waals surface area contributed by atoms with Crippen molar-refractivity contribution in [2.45, 2.75) is 51.1 Å². The zero-order valence-corrected chi connectivity index (χ0v) is 8.91. The van der Waals surface area contributed by atoms with Gasteiger partial charge in [-0.15, -0.1) is 0 Å². The number of nitrogens with zero attached hydrogens (tertiary/aromatic N) is 1. The summed E-state index contributed by atoms with van der Waals surface area (Å²) in [5.41, 5.74) is 5.61. The molecule has 0 bridgehead atoms. The first-order valence-electron chi connectivity index (χ1n) is 5.76. The van der Waals surface area contributed by atoms with Crippen LogP contribution in [0.5, 0.6) is 0 Å². The van der Waals surface area contributed by atoms with E-state index in [9.17, 15) is 4.79 Å². The number of rotatable bonds is 1. The molecular weight excluding hydrogens is 176 g/mol. The van der Waals surface area contributed by atoms with Gasteiger partial charge in [-0.25, -0.2) is 0 Å². The average molecular weight is 196 g/mol. The van der Waals surface area contributed by atoms with Gasteiger partial charge in [0.25, 0.3) is 0 Å². The summed E-state index contributed by atoms with van der Waals surface area (Å²) in [5, 5.41) is 0. The first-order valence-corrected chi connectivity index (χ1v) is 5.76. The van der Waals surface area contributed by atoms with Crippen LogP contribution >= 0.6 is 0 Å². The molecule has 1 aliphatic heterocycles. The molecule has 3 atom stereocenters. The Bertz CT molecular complexity index is 229. The Morgan fingerprint density at radius 2 is 2.00 bits per heavy atom. The van der Waals surface area contributed by atoms with Crippen LogP contribution in [0.4, 0.5) is 0 Å². The molecule has 0 spiro atoms. The first kappa shape index (κ1) is 9.97. The second kappa shape index (κ2) is 3.89. The molecule has 1 aliphatic carbocycles. The molecule has 0 aromatic carbocycles. The van der Waals surface area contributed by atoms with Crippen LogP contribution in [0.2, 0.25) is 0 Å². The number of β-lactam (4-membered cyclic amide) rings is 1. The predicted molar refractivity (Wildman–Crippen MR) is 55.7 cm³/mol. The van der Waals surface area contributed by atoms with Gasteiger partial charge in [-0.1, -0.05) is 26.2 Å². The molecule has 1 amide bonds. The second-order valence-electron chi connectivity index (χ2n) is 4.78. The van der Waals surface area contributed by atoms with Crippen LogP contribution in [0.3, 0.4) is 0 Å². The van der Waals surface area contributed by atoms with Crippen molar-refractivity contribution in [3.8, 4) is 0 Å². The van der Waals surface area contributed by atoms with Gasteiger partial charge in [0.15, 0.2) is 0 Å². The van der Waals surface area contributed by atoms with Crippen molar-refractivity contribution < 1.29 is 4.79 Å². The van der Waals surface area contributed by atoms with E-state index in [1.807, 2.05) is 4.90 Å². The summed E-state index contributed by atoms with van der Waals surface area (Å²) in [6.07, 6.45) is 6.37. The highest BCUT2D eigenvalue weighted by atomic mass is 16.2. The maximum absolute atomic E-state index is 11.5. The Kier molecular flexibility index (Phi) is 2.77. The summed E-state index contributed by atoms with van der Waals surface area (Å²) in [6.45, 7) is 3.06. The third-order valence-corrected chi connectivity index (χ3v) is 3.71. The van der Waals surface area contributed by atoms with Gasteiger partial charge in [-0.05, 0) is 18.8 Å². The van der Waals surface area contributed by atoms with Crippen molar-refractivity contribution in [1.82, 2.24) is 4.90 Å². The lowest BCUT2D eigenvalue weighted by molar-refractivity contribution is -0.147. The summed E-state index contributed by atoms with van der Waals surface area (Å²) in [5.74, 6) is 0.831. The summed E-state index contributed by atoms with van der Waals surface area (Å²) in [4.78, 5) is 13.5. The molecule has 2 N–H and O–H groups in total. The molecule has 3 nitrogen and oxygen atoms in total. The minimum absolute atomic E-state index is 0.170. The fourth-order valence-electron chi connectivity index (χ4n) is 2.72. The van der Waals surface area contributed by atoms with Crippen molar-refractivity contribution in [1.29, 1.82) is 0 Å². The highest BCUT2D eigenvalue weighted by Gasteiger charge is 2.40. The van der Waals surface area contributed by atoms with E-state index in [0.717, 1.165) is 6.54 Å². The molecule has 3 unspecified atom stereocenters. The van der Waals surface area contributed by atoms with Crippen molar-refractivity contribution in [2.75, 3.05) is 6.54 Å². The lowest BCUT2D eigenvalue weighted by Gasteiger charge is -2.44. The highest BCUT2D eigenvalue weighted by molar-refractivity contribution is 5.88. The SMILES string of the molecule is CC1CCCCCC1N1CC(N)C1=O. The number of amides is 1. The van der Waals surface area contributed by atoms with E-state index >= 15 is 0 Å². The number of likely N-dealkylation sites (tertiary alicyclic amines) is 1. The van der Waals surface area contributed by atoms with Crippen molar-refractivity contribution in [2.24, 2.45) is 11.7 Å². The van der Waals surface area contributed by atoms with Crippen LogP contribution < -0.4 is 5.73 Å². The molecule has 2 rings (SSSR count). The molecule has 0 radical (unpaired) electrons. The monoisotopic (exact) mass is 196 g/mol. The van der Waals surface area contributed by atoms with Crippen LogP contribution in [0.1, 0.15) is 39.0 Å². The molecule has 80 valence electrons. The number of nitrogens with two attached hydrogens (primary N) is 1. The molecule has 2 aliphatic rings. The van der Waals surface area contributed by atoms with Gasteiger partial charge in [0.2, 0.25) is 5.91 Å². The molecule has 0 aromatic rings. The summed E-state index contributed by atoms with van der Waals surface area (Å²) in [6, 6.07) is 0.273. The molecule has 1 heterocycles. The summed E-state index contributed by atoms with van der Waals surface area (Å²) >= 11 is 0. The van der Waals surface area contributed by atoms with E-state index in [1.165, 1.54) is 32.1 Å². The zero-order chi connectivity index (χ0) is 10.1. The first-order chi connectivity index (χ1) is 6.70. The second-order valence-corrected chi connectivity index (χ2v) is 4.78. The molecular formula is C11H20N2O. The third-order valence-electron chi connectivity index (χ3n) is 3.71. The average Bonchev–Trinajstić information content (AvgIpc) is 2.39. The topological polar surface area (TPSA) is 46.3 Å². The van der Waals surface area contributed by atoms with Crippen LogP contribution in [-0.4, -0.2) is 29.4 Å². The normalized spacial score (nSPS) is 39.1. The van der Waals surface area contributed by atoms with Gasteiger partial charge >= 0.3 is 0 Å². The molecule has 1 saturated heterocycles. The Morgan fingerprint density at radius 3 is 2.64 bits per heavy atom. The fourth-order valence-corrected chi connectivity index (χ4v) is 2.72. The number of hydrogen-bond acceptors (Lipinski definition) is 2. The Morgan fingerprint density at radius 1 is 1.29 bits per heavy atom. The van der Waals surface area contributed by atoms with E-state index in [1.54, 1.807) is 0 Å². The molecule has 14 heavy (non-hydrogen) atoms. The zero-order valence-electron chi connectivity index (χ0n) is 8.91. The predicted octanol–water partition coefficient (Wildman–Crippen LogP) is 1.12. The van der Waals surface area contributed by atoms with Gasteiger partial charge in [0, 0.05) is 12.6 Å². The standard InChI is InChI=1S/C11H20N2O/c1-8-5-3-2-4-6-10(8)13-7-9(12)11(13)14/h8-10H,2-7,12H2,1H3. The number of hydrogen-bond donors (Lipinski definition) is 1. The maximum atomic E-state index is 11.5. The van der Waals surface area contributed by atoms with Gasteiger partial charge in [-0.3, -0.25) is 4.79 Å². The van der Waals surface area contributed by atoms with E-state index in [-0.39, 0.29) is 11.9 Å². The Balaban J connectivity index is 1.98. The Hall–Kier alpha value is -0.570. The largest absolute Gasteiger partial charge is 0.336 e. The van der Waals surface area contributed by atoms with Crippen molar-refractivity contribution in [3.63, 3.8) is 0 Å². The van der Waals surface area contributed by atoms with E-state index in [4.69, 9.17) is 5.73 Å². The Labute approximate surface area is 85.6 Å². The minimum atomic E-state index is -0.203. The van der Waals surface area contributed by atoms with Gasteiger partial charge < -0.3 is 10.6 Å². The lowest BCUT2D eigenvalue weighted by Crippen LogP contribution is -2.65. The fraction of sp³-hybridized carbons (Fsp3) is 0.909. The maximum Gasteiger partial charge on any atom is 0.241 e. The molecule has 1 saturated carbocycles. The summed E-state index contributed by atoms with van der Waals surface area (Å²) < 4.78 is 0. The smallest absolute Gasteiger partial charge is 0.241 e. The van der Waals surface area contributed by atoms with Crippen molar-refractivity contribution in [3.05, 3.63) is 0 Å². The van der Waals surface area contributed by atoms with E-state index in [0.29, 0.717) is 12.0 Å². The van der Waals surface area contributed by atoms with Gasteiger partial charge in [0.05, 0.1) is 0 Å². The highest BCUT2D eigenvalue weighted by Crippen LogP contribution is 2.29. The lowest BCUT2D eigenvalue weighted by atomic mass is 9.91. The van der Waals surface area contributed by atoms with Crippen LogP contribution in [0.25, 0.3) is 0 Å². The van der Waals surface area contributed by atoms with Crippen LogP contribution in [0, 0.1) is 5.92 Å². The molecule has 0 aromatic heterocycles. The minimum Gasteiger partial charge on any atom is -0.336 e.